The zero-order valence-electron chi connectivity index (χ0n) is 10.2. The van der Waals surface area contributed by atoms with E-state index in [1.807, 2.05) is 0 Å². The van der Waals surface area contributed by atoms with E-state index in [4.69, 9.17) is 10.5 Å². The number of nitrogens with two attached hydrogens (primary N) is 1. The fourth-order valence-corrected chi connectivity index (χ4v) is 1.41. The summed E-state index contributed by atoms with van der Waals surface area (Å²) in [7, 11) is 0. The Bertz CT molecular complexity index is 158. The second-order valence-electron chi connectivity index (χ2n) is 4.96. The van der Waals surface area contributed by atoms with Crippen molar-refractivity contribution in [1.29, 1.82) is 0 Å². The standard InChI is InChI=1S/C12H26N2O/c1-10(2)12(13)5-6-14-7-8-15-9-11-3-4-11/h10-12,14H,3-9,13H2,1-2H3. The van der Waals surface area contributed by atoms with Crippen molar-refractivity contribution in [1.82, 2.24) is 5.32 Å². The van der Waals surface area contributed by atoms with Crippen molar-refractivity contribution < 1.29 is 4.74 Å². The van der Waals surface area contributed by atoms with Crippen LogP contribution in [0, 0.1) is 11.8 Å². The third-order valence-corrected chi connectivity index (χ3v) is 2.98. The Morgan fingerprint density at radius 3 is 2.67 bits per heavy atom. The predicted molar refractivity (Wildman–Crippen MR) is 63.8 cm³/mol. The molecular weight excluding hydrogens is 188 g/mol. The second-order valence-corrected chi connectivity index (χ2v) is 4.96. The first-order chi connectivity index (χ1) is 7.20. The summed E-state index contributed by atoms with van der Waals surface area (Å²) in [6.07, 6.45) is 3.80. The molecule has 0 heterocycles. The van der Waals surface area contributed by atoms with Gasteiger partial charge in [0, 0.05) is 19.2 Å². The minimum atomic E-state index is 0.324. The number of ether oxygens (including phenoxy) is 1. The van der Waals surface area contributed by atoms with Gasteiger partial charge in [0.2, 0.25) is 0 Å². The molecular formula is C12H26N2O. The number of nitrogens with one attached hydrogen (secondary N) is 1. The van der Waals surface area contributed by atoms with Gasteiger partial charge in [0.25, 0.3) is 0 Å². The minimum absolute atomic E-state index is 0.324. The molecule has 0 bridgehead atoms. The Balaban J connectivity index is 1.75. The average molecular weight is 214 g/mol. The summed E-state index contributed by atoms with van der Waals surface area (Å²) < 4.78 is 5.52. The van der Waals surface area contributed by atoms with E-state index in [0.29, 0.717) is 12.0 Å². The molecule has 1 rings (SSSR count). The summed E-state index contributed by atoms with van der Waals surface area (Å²) in [4.78, 5) is 0. The van der Waals surface area contributed by atoms with Crippen LogP contribution in [0.15, 0.2) is 0 Å². The van der Waals surface area contributed by atoms with Gasteiger partial charge in [-0.3, -0.25) is 0 Å². The van der Waals surface area contributed by atoms with Crippen molar-refractivity contribution in [2.24, 2.45) is 17.6 Å². The van der Waals surface area contributed by atoms with Crippen molar-refractivity contribution in [2.75, 3.05) is 26.3 Å². The molecule has 0 aromatic carbocycles. The lowest BCUT2D eigenvalue weighted by Crippen LogP contribution is -2.32. The summed E-state index contributed by atoms with van der Waals surface area (Å²) in [5.41, 5.74) is 5.93. The highest BCUT2D eigenvalue weighted by Crippen LogP contribution is 2.28. The molecule has 15 heavy (non-hydrogen) atoms. The monoisotopic (exact) mass is 214 g/mol. The topological polar surface area (TPSA) is 47.3 Å². The lowest BCUT2D eigenvalue weighted by atomic mass is 10.0. The summed E-state index contributed by atoms with van der Waals surface area (Å²) in [5.74, 6) is 1.46. The highest BCUT2D eigenvalue weighted by atomic mass is 16.5. The molecule has 3 N–H and O–H groups in total. The Morgan fingerprint density at radius 1 is 1.33 bits per heavy atom. The molecule has 90 valence electrons. The third-order valence-electron chi connectivity index (χ3n) is 2.98. The first-order valence-electron chi connectivity index (χ1n) is 6.24. The van der Waals surface area contributed by atoms with Gasteiger partial charge in [0.15, 0.2) is 0 Å². The summed E-state index contributed by atoms with van der Waals surface area (Å²) >= 11 is 0. The van der Waals surface area contributed by atoms with E-state index in [2.05, 4.69) is 19.2 Å². The van der Waals surface area contributed by atoms with Crippen LogP contribution >= 0.6 is 0 Å². The molecule has 0 aromatic rings. The molecule has 1 fully saturated rings. The summed E-state index contributed by atoms with van der Waals surface area (Å²) in [6, 6.07) is 0.324. The molecule has 0 spiro atoms. The molecule has 0 aromatic heterocycles. The minimum Gasteiger partial charge on any atom is -0.380 e. The Labute approximate surface area is 93.8 Å². The van der Waals surface area contributed by atoms with Crippen LogP contribution in [0.3, 0.4) is 0 Å². The molecule has 1 unspecified atom stereocenters. The molecule has 1 aliphatic rings. The van der Waals surface area contributed by atoms with Crippen molar-refractivity contribution >= 4 is 0 Å². The Hall–Kier alpha value is -0.120. The van der Waals surface area contributed by atoms with Crippen LogP contribution in [0.2, 0.25) is 0 Å². The average Bonchev–Trinajstić information content (AvgIpc) is 2.99. The fraction of sp³-hybridized carbons (Fsp3) is 1.00. The van der Waals surface area contributed by atoms with Crippen LogP contribution in [-0.2, 0) is 4.74 Å². The quantitative estimate of drug-likeness (QED) is 0.570. The maximum Gasteiger partial charge on any atom is 0.0591 e. The molecule has 1 aliphatic carbocycles. The lowest BCUT2D eigenvalue weighted by Gasteiger charge is -2.15. The second kappa shape index (κ2) is 7.20. The Kier molecular flexibility index (Phi) is 6.22. The van der Waals surface area contributed by atoms with Crippen molar-refractivity contribution in [3.05, 3.63) is 0 Å². The lowest BCUT2D eigenvalue weighted by molar-refractivity contribution is 0.126. The Morgan fingerprint density at radius 2 is 2.07 bits per heavy atom. The first kappa shape index (κ1) is 12.9. The van der Waals surface area contributed by atoms with E-state index in [9.17, 15) is 0 Å². The first-order valence-corrected chi connectivity index (χ1v) is 6.24. The third kappa shape index (κ3) is 6.88. The fourth-order valence-electron chi connectivity index (χ4n) is 1.41. The number of hydrogen-bond acceptors (Lipinski definition) is 3. The largest absolute Gasteiger partial charge is 0.380 e. The highest BCUT2D eigenvalue weighted by molar-refractivity contribution is 4.72. The van der Waals surface area contributed by atoms with Crippen LogP contribution in [0.5, 0.6) is 0 Å². The smallest absolute Gasteiger partial charge is 0.0591 e. The van der Waals surface area contributed by atoms with Gasteiger partial charge in [0.05, 0.1) is 6.61 Å². The predicted octanol–water partition coefficient (Wildman–Crippen LogP) is 1.38. The van der Waals surface area contributed by atoms with Crippen LogP contribution in [0.1, 0.15) is 33.1 Å². The van der Waals surface area contributed by atoms with E-state index < -0.39 is 0 Å². The zero-order chi connectivity index (χ0) is 11.1. The van der Waals surface area contributed by atoms with Gasteiger partial charge < -0.3 is 15.8 Å². The van der Waals surface area contributed by atoms with Crippen molar-refractivity contribution in [3.63, 3.8) is 0 Å². The van der Waals surface area contributed by atoms with Gasteiger partial charge >= 0.3 is 0 Å². The molecule has 0 amide bonds. The van der Waals surface area contributed by atoms with Crippen LogP contribution in [0.4, 0.5) is 0 Å². The maximum atomic E-state index is 5.93. The molecule has 0 saturated heterocycles. The van der Waals surface area contributed by atoms with Crippen molar-refractivity contribution in [3.8, 4) is 0 Å². The van der Waals surface area contributed by atoms with Gasteiger partial charge in [-0.15, -0.1) is 0 Å². The molecule has 0 aliphatic heterocycles. The molecule has 1 saturated carbocycles. The number of hydrogen-bond donors (Lipinski definition) is 2. The van der Waals surface area contributed by atoms with E-state index >= 15 is 0 Å². The molecule has 3 nitrogen and oxygen atoms in total. The molecule has 1 atom stereocenters. The summed E-state index contributed by atoms with van der Waals surface area (Å²) in [6.45, 7) is 8.11. The maximum absolute atomic E-state index is 5.93. The van der Waals surface area contributed by atoms with E-state index in [1.165, 1.54) is 12.8 Å². The number of rotatable bonds is 9. The van der Waals surface area contributed by atoms with E-state index in [0.717, 1.165) is 38.6 Å². The summed E-state index contributed by atoms with van der Waals surface area (Å²) in [5, 5.41) is 3.36. The van der Waals surface area contributed by atoms with Gasteiger partial charge in [-0.05, 0) is 37.6 Å². The van der Waals surface area contributed by atoms with Gasteiger partial charge in [-0.25, -0.2) is 0 Å². The SMILES string of the molecule is CC(C)C(N)CCNCCOCC1CC1. The molecule has 0 radical (unpaired) electrons. The van der Waals surface area contributed by atoms with Crippen LogP contribution in [0.25, 0.3) is 0 Å². The van der Waals surface area contributed by atoms with Gasteiger partial charge in [-0.1, -0.05) is 13.8 Å². The van der Waals surface area contributed by atoms with Gasteiger partial charge in [-0.2, -0.15) is 0 Å². The molecule has 3 heteroatoms. The normalized spacial score (nSPS) is 18.4. The zero-order valence-corrected chi connectivity index (χ0v) is 10.2. The van der Waals surface area contributed by atoms with E-state index in [1.54, 1.807) is 0 Å². The van der Waals surface area contributed by atoms with Gasteiger partial charge in [0.1, 0.15) is 0 Å². The van der Waals surface area contributed by atoms with Crippen LogP contribution < -0.4 is 11.1 Å². The van der Waals surface area contributed by atoms with E-state index in [-0.39, 0.29) is 0 Å². The van der Waals surface area contributed by atoms with Crippen LogP contribution in [-0.4, -0.2) is 32.3 Å². The highest BCUT2D eigenvalue weighted by Gasteiger charge is 2.20. The van der Waals surface area contributed by atoms with Crippen molar-refractivity contribution in [2.45, 2.75) is 39.2 Å².